The van der Waals surface area contributed by atoms with E-state index in [2.05, 4.69) is 5.16 Å². The monoisotopic (exact) mass is 215 g/mol. The highest BCUT2D eigenvalue weighted by Crippen LogP contribution is 2.20. The van der Waals surface area contributed by atoms with Gasteiger partial charge in [0.1, 0.15) is 5.76 Å². The van der Waals surface area contributed by atoms with Gasteiger partial charge in [0.05, 0.1) is 5.69 Å². The third-order valence-electron chi connectivity index (χ3n) is 2.14. The highest BCUT2D eigenvalue weighted by Gasteiger charge is 2.09. The zero-order chi connectivity index (χ0) is 10.6. The quantitative estimate of drug-likeness (QED) is 0.817. The van der Waals surface area contributed by atoms with Crippen molar-refractivity contribution in [1.29, 1.82) is 0 Å². The summed E-state index contributed by atoms with van der Waals surface area (Å²) in [6.45, 7) is 6.20. The molecule has 0 bridgehead atoms. The van der Waals surface area contributed by atoms with Crippen LogP contribution in [0.5, 0.6) is 0 Å². The van der Waals surface area contributed by atoms with E-state index < -0.39 is 0 Å². The standard InChI is InChI=1S/C10H17NO2S/c1-7(4-12)5-14-6-10-8(2)11-13-9(10)3/h7,12H,4-6H2,1-3H3/t7-/m1/s1. The van der Waals surface area contributed by atoms with Crippen LogP contribution in [-0.2, 0) is 5.75 Å². The Morgan fingerprint density at radius 2 is 2.21 bits per heavy atom. The summed E-state index contributed by atoms with van der Waals surface area (Å²) in [4.78, 5) is 0. The fourth-order valence-electron chi connectivity index (χ4n) is 1.12. The predicted molar refractivity (Wildman–Crippen MR) is 58.4 cm³/mol. The first-order valence-electron chi connectivity index (χ1n) is 4.75. The molecule has 0 amide bonds. The Morgan fingerprint density at radius 1 is 1.50 bits per heavy atom. The van der Waals surface area contributed by atoms with Crippen molar-refractivity contribution in [2.75, 3.05) is 12.4 Å². The van der Waals surface area contributed by atoms with E-state index in [-0.39, 0.29) is 6.61 Å². The molecule has 1 aromatic heterocycles. The zero-order valence-electron chi connectivity index (χ0n) is 8.91. The number of nitrogens with zero attached hydrogens (tertiary/aromatic N) is 1. The van der Waals surface area contributed by atoms with Crippen molar-refractivity contribution >= 4 is 11.8 Å². The van der Waals surface area contributed by atoms with Gasteiger partial charge in [-0.3, -0.25) is 0 Å². The maximum atomic E-state index is 8.86. The van der Waals surface area contributed by atoms with Gasteiger partial charge in [-0.05, 0) is 25.5 Å². The molecule has 1 atom stereocenters. The molecule has 0 aliphatic heterocycles. The lowest BCUT2D eigenvalue weighted by Crippen LogP contribution is -2.03. The van der Waals surface area contributed by atoms with Crippen LogP contribution in [0.25, 0.3) is 0 Å². The van der Waals surface area contributed by atoms with Crippen molar-refractivity contribution in [2.45, 2.75) is 26.5 Å². The van der Waals surface area contributed by atoms with Gasteiger partial charge in [0.25, 0.3) is 0 Å². The number of aryl methyl sites for hydroxylation is 2. The summed E-state index contributed by atoms with van der Waals surface area (Å²) >= 11 is 1.81. The molecule has 0 radical (unpaired) electrons. The lowest BCUT2D eigenvalue weighted by atomic mass is 10.2. The van der Waals surface area contributed by atoms with Crippen LogP contribution in [0.3, 0.4) is 0 Å². The van der Waals surface area contributed by atoms with Crippen molar-refractivity contribution in [2.24, 2.45) is 5.92 Å². The van der Waals surface area contributed by atoms with E-state index in [4.69, 9.17) is 9.63 Å². The van der Waals surface area contributed by atoms with Crippen molar-refractivity contribution < 1.29 is 9.63 Å². The Hall–Kier alpha value is -0.480. The van der Waals surface area contributed by atoms with Gasteiger partial charge in [0, 0.05) is 17.9 Å². The number of aliphatic hydroxyl groups excluding tert-OH is 1. The van der Waals surface area contributed by atoms with Gasteiger partial charge in [-0.1, -0.05) is 12.1 Å². The van der Waals surface area contributed by atoms with E-state index >= 15 is 0 Å². The summed E-state index contributed by atoms with van der Waals surface area (Å²) in [6.07, 6.45) is 0. The minimum absolute atomic E-state index is 0.259. The van der Waals surface area contributed by atoms with Crippen molar-refractivity contribution in [3.05, 3.63) is 17.0 Å². The highest BCUT2D eigenvalue weighted by molar-refractivity contribution is 7.98. The minimum Gasteiger partial charge on any atom is -0.396 e. The van der Waals surface area contributed by atoms with Crippen LogP contribution in [0.1, 0.15) is 23.9 Å². The van der Waals surface area contributed by atoms with E-state index in [1.165, 1.54) is 5.56 Å². The third kappa shape index (κ3) is 3.03. The topological polar surface area (TPSA) is 46.3 Å². The van der Waals surface area contributed by atoms with Gasteiger partial charge in [-0.15, -0.1) is 0 Å². The van der Waals surface area contributed by atoms with Crippen molar-refractivity contribution in [1.82, 2.24) is 5.16 Å². The molecule has 14 heavy (non-hydrogen) atoms. The Bertz CT molecular complexity index is 266. The van der Waals surface area contributed by atoms with E-state index in [9.17, 15) is 0 Å². The molecule has 0 saturated heterocycles. The number of hydrogen-bond acceptors (Lipinski definition) is 4. The SMILES string of the molecule is Cc1noc(C)c1CSC[C@H](C)CO. The average Bonchev–Trinajstić information content (AvgIpc) is 2.48. The molecule has 80 valence electrons. The molecular formula is C10H17NO2S. The smallest absolute Gasteiger partial charge is 0.137 e. The van der Waals surface area contributed by atoms with Crippen molar-refractivity contribution in [3.63, 3.8) is 0 Å². The lowest BCUT2D eigenvalue weighted by Gasteiger charge is -2.06. The van der Waals surface area contributed by atoms with Gasteiger partial charge in [0.2, 0.25) is 0 Å². The molecule has 0 saturated carbocycles. The summed E-state index contributed by atoms with van der Waals surface area (Å²) in [5.41, 5.74) is 2.17. The largest absolute Gasteiger partial charge is 0.396 e. The number of aliphatic hydroxyl groups is 1. The fourth-order valence-corrected chi connectivity index (χ4v) is 2.36. The molecule has 0 unspecified atom stereocenters. The van der Waals surface area contributed by atoms with Crippen LogP contribution in [0.4, 0.5) is 0 Å². The van der Waals surface area contributed by atoms with Crippen LogP contribution >= 0.6 is 11.8 Å². The van der Waals surface area contributed by atoms with Gasteiger partial charge >= 0.3 is 0 Å². The lowest BCUT2D eigenvalue weighted by molar-refractivity contribution is 0.250. The fraction of sp³-hybridized carbons (Fsp3) is 0.700. The molecule has 0 spiro atoms. The zero-order valence-corrected chi connectivity index (χ0v) is 9.73. The van der Waals surface area contributed by atoms with Gasteiger partial charge in [-0.2, -0.15) is 11.8 Å². The normalized spacial score (nSPS) is 13.1. The highest BCUT2D eigenvalue weighted by atomic mass is 32.2. The number of hydrogen-bond donors (Lipinski definition) is 1. The molecule has 0 aliphatic rings. The molecule has 0 fully saturated rings. The molecule has 1 aromatic rings. The van der Waals surface area contributed by atoms with Gasteiger partial charge < -0.3 is 9.63 Å². The summed E-state index contributed by atoms with van der Waals surface area (Å²) < 4.78 is 5.07. The van der Waals surface area contributed by atoms with Crippen LogP contribution < -0.4 is 0 Å². The molecule has 0 aliphatic carbocycles. The number of thioether (sulfide) groups is 1. The molecule has 1 rings (SSSR count). The Kier molecular flexibility index (Phi) is 4.48. The molecule has 1 N–H and O–H groups in total. The Labute approximate surface area is 88.9 Å². The van der Waals surface area contributed by atoms with Gasteiger partial charge in [-0.25, -0.2) is 0 Å². The van der Waals surface area contributed by atoms with E-state index in [1.807, 2.05) is 32.5 Å². The second-order valence-electron chi connectivity index (χ2n) is 3.61. The first-order chi connectivity index (χ1) is 6.65. The second kappa shape index (κ2) is 5.41. The van der Waals surface area contributed by atoms with Crippen LogP contribution in [-0.4, -0.2) is 22.6 Å². The molecular weight excluding hydrogens is 198 g/mol. The number of rotatable bonds is 5. The number of aromatic nitrogens is 1. The first kappa shape index (κ1) is 11.6. The first-order valence-corrected chi connectivity index (χ1v) is 5.91. The summed E-state index contributed by atoms with van der Waals surface area (Å²) in [7, 11) is 0. The maximum absolute atomic E-state index is 8.86. The third-order valence-corrected chi connectivity index (χ3v) is 3.44. The minimum atomic E-state index is 0.259. The Balaban J connectivity index is 2.38. The average molecular weight is 215 g/mol. The predicted octanol–water partition coefficient (Wildman–Crippen LogP) is 2.15. The van der Waals surface area contributed by atoms with Crippen LogP contribution in [0, 0.1) is 19.8 Å². The summed E-state index contributed by atoms with van der Waals surface area (Å²) in [5.74, 6) is 3.17. The van der Waals surface area contributed by atoms with Crippen molar-refractivity contribution in [3.8, 4) is 0 Å². The Morgan fingerprint density at radius 3 is 2.71 bits per heavy atom. The van der Waals surface area contributed by atoms with E-state index in [0.29, 0.717) is 5.92 Å². The maximum Gasteiger partial charge on any atom is 0.137 e. The van der Waals surface area contributed by atoms with E-state index in [1.54, 1.807) is 0 Å². The van der Waals surface area contributed by atoms with Gasteiger partial charge in [0.15, 0.2) is 0 Å². The van der Waals surface area contributed by atoms with E-state index in [0.717, 1.165) is 23.0 Å². The molecule has 1 heterocycles. The summed E-state index contributed by atoms with van der Waals surface area (Å²) in [6, 6.07) is 0. The molecule has 3 nitrogen and oxygen atoms in total. The van der Waals surface area contributed by atoms with Crippen LogP contribution in [0.15, 0.2) is 4.52 Å². The molecule has 0 aromatic carbocycles. The van der Waals surface area contributed by atoms with Crippen LogP contribution in [0.2, 0.25) is 0 Å². The summed E-state index contributed by atoms with van der Waals surface area (Å²) in [5, 5.41) is 12.8. The second-order valence-corrected chi connectivity index (χ2v) is 4.64. The molecule has 4 heteroatoms.